The fourth-order valence-electron chi connectivity index (χ4n) is 6.44. The van der Waals surface area contributed by atoms with E-state index in [1.165, 1.54) is 20.7 Å². The number of pyridine rings is 2. The van der Waals surface area contributed by atoms with Gasteiger partial charge in [0.25, 0.3) is 0 Å². The first-order chi connectivity index (χ1) is 23.8. The SMILES string of the molecule is C[Si](C)(c1[c-]c(-c2ccccn2)ccc1)c1[c-]c2c(cc1)c1ccc([Si](C)(C)c3[c-]c(-c4ccccn4)ccc3)[c-]c1n2-c1ncncn1.[Pd+2].[Pd+2]. The van der Waals surface area contributed by atoms with Crippen molar-refractivity contribution >= 4 is 58.7 Å². The Balaban J connectivity index is 0.00000224. The summed E-state index contributed by atoms with van der Waals surface area (Å²) >= 11 is 0. The van der Waals surface area contributed by atoms with Gasteiger partial charge in [-0.1, -0.05) is 61.5 Å². The molecule has 0 saturated heterocycles. The molecule has 0 aliphatic carbocycles. The third-order valence-electron chi connectivity index (χ3n) is 9.43. The molecule has 0 N–H and O–H groups in total. The summed E-state index contributed by atoms with van der Waals surface area (Å²) < 4.78 is 2.09. The van der Waals surface area contributed by atoms with Crippen molar-refractivity contribution in [1.82, 2.24) is 29.5 Å². The zero-order valence-corrected chi connectivity index (χ0v) is 33.5. The number of rotatable bonds is 7. The summed E-state index contributed by atoms with van der Waals surface area (Å²) in [6, 6.07) is 48.7. The maximum Gasteiger partial charge on any atom is 2.00 e. The molecule has 0 aliphatic rings. The quantitative estimate of drug-likeness (QED) is 0.147. The molecule has 8 aromatic rings. The molecule has 0 unspecified atom stereocenters. The summed E-state index contributed by atoms with van der Waals surface area (Å²) in [6.45, 7) is 9.40. The first kappa shape index (κ1) is 36.5. The van der Waals surface area contributed by atoms with Crippen LogP contribution in [0.5, 0.6) is 0 Å². The number of nitrogens with zero attached hydrogens (tertiary/aromatic N) is 6. The maximum absolute atomic E-state index is 4.61. The second kappa shape index (κ2) is 14.8. The summed E-state index contributed by atoms with van der Waals surface area (Å²) in [5, 5.41) is 6.90. The van der Waals surface area contributed by atoms with Gasteiger partial charge in [-0.05, 0) is 23.5 Å². The first-order valence-corrected chi connectivity index (χ1v) is 22.3. The molecule has 0 spiro atoms. The van der Waals surface area contributed by atoms with E-state index in [1.54, 1.807) is 12.7 Å². The number of hydrogen-bond donors (Lipinski definition) is 0. The Morgan fingerprint density at radius 2 is 0.922 bits per heavy atom. The van der Waals surface area contributed by atoms with E-state index in [9.17, 15) is 0 Å². The van der Waals surface area contributed by atoms with Crippen LogP contribution in [0.2, 0.25) is 26.2 Å². The van der Waals surface area contributed by atoms with Gasteiger partial charge in [0.1, 0.15) is 12.7 Å². The molecule has 4 aromatic carbocycles. The maximum atomic E-state index is 4.61. The smallest absolute Gasteiger partial charge is 0.328 e. The van der Waals surface area contributed by atoms with Crippen LogP contribution in [-0.2, 0) is 40.8 Å². The van der Waals surface area contributed by atoms with Crippen molar-refractivity contribution in [2.24, 2.45) is 0 Å². The molecule has 0 amide bonds. The molecule has 0 bridgehead atoms. The van der Waals surface area contributed by atoms with Crippen LogP contribution >= 0.6 is 0 Å². The van der Waals surface area contributed by atoms with Crippen molar-refractivity contribution in [2.75, 3.05) is 0 Å². The third kappa shape index (κ3) is 6.77. The molecule has 0 fully saturated rings. The first-order valence-electron chi connectivity index (χ1n) is 16.3. The van der Waals surface area contributed by atoms with Crippen LogP contribution < -0.4 is 20.7 Å². The summed E-state index contributed by atoms with van der Waals surface area (Å²) in [5.74, 6) is 0.545. The molecule has 254 valence electrons. The summed E-state index contributed by atoms with van der Waals surface area (Å²) in [6.07, 6.45) is 6.73. The van der Waals surface area contributed by atoms with Crippen molar-refractivity contribution < 1.29 is 40.8 Å². The van der Waals surface area contributed by atoms with E-state index in [0.29, 0.717) is 5.95 Å². The fourth-order valence-corrected chi connectivity index (χ4v) is 10.8. The van der Waals surface area contributed by atoms with Crippen molar-refractivity contribution in [3.8, 4) is 28.5 Å². The van der Waals surface area contributed by atoms with Gasteiger partial charge in [-0.25, -0.2) is 15.0 Å². The Morgan fingerprint density at radius 3 is 1.35 bits per heavy atom. The summed E-state index contributed by atoms with van der Waals surface area (Å²) in [7, 11) is -4.49. The van der Waals surface area contributed by atoms with Crippen molar-refractivity contribution in [3.63, 3.8) is 0 Å². The summed E-state index contributed by atoms with van der Waals surface area (Å²) in [5.41, 5.74) is 5.69. The molecule has 0 radical (unpaired) electrons. The van der Waals surface area contributed by atoms with Gasteiger partial charge in [-0.2, -0.15) is 57.5 Å². The van der Waals surface area contributed by atoms with E-state index in [4.69, 9.17) is 0 Å². The minimum absolute atomic E-state index is 0. The molecule has 10 heteroatoms. The van der Waals surface area contributed by atoms with Gasteiger partial charge in [0, 0.05) is 12.4 Å². The number of aromatic nitrogens is 6. The topological polar surface area (TPSA) is 69.4 Å². The third-order valence-corrected chi connectivity index (χ3v) is 16.0. The Morgan fingerprint density at radius 1 is 0.471 bits per heavy atom. The van der Waals surface area contributed by atoms with Gasteiger partial charge >= 0.3 is 40.8 Å². The van der Waals surface area contributed by atoms with Crippen LogP contribution in [0.4, 0.5) is 0 Å². The van der Waals surface area contributed by atoms with Crippen LogP contribution in [0.1, 0.15) is 0 Å². The van der Waals surface area contributed by atoms with Crippen molar-refractivity contribution in [2.45, 2.75) is 26.2 Å². The molecule has 51 heavy (non-hydrogen) atoms. The molecular formula is C41H32N6Pd2Si2. The fraction of sp³-hybridized carbons (Fsp3) is 0.0976. The Bertz CT molecular complexity index is 2300. The summed E-state index contributed by atoms with van der Waals surface area (Å²) in [4.78, 5) is 22.5. The Kier molecular flexibility index (Phi) is 10.6. The molecule has 0 saturated carbocycles. The normalized spacial score (nSPS) is 11.6. The molecule has 6 nitrogen and oxygen atoms in total. The van der Waals surface area contributed by atoms with E-state index in [2.05, 4.69) is 141 Å². The van der Waals surface area contributed by atoms with E-state index >= 15 is 0 Å². The standard InChI is InChI=1S/C41H32N6Si2.2Pd/c1-48(2,31-13-9-11-29(23-31)37-15-5-7-21-43-37)33-17-19-35-36-20-18-34(26-40(36)47(39(35)25-33)41-45-27-42-28-46-41)49(3,4)32-14-10-12-30(24-32)38-16-6-8-22-44-38;;/h5-22,27-28H,1-4H3;;/q-4;2*+2. The van der Waals surface area contributed by atoms with Gasteiger partial charge in [0.05, 0.1) is 16.1 Å². The van der Waals surface area contributed by atoms with Gasteiger partial charge in [0.15, 0.2) is 0 Å². The van der Waals surface area contributed by atoms with Crippen LogP contribution in [0.25, 0.3) is 50.3 Å². The van der Waals surface area contributed by atoms with Gasteiger partial charge in [-0.3, -0.25) is 0 Å². The largest absolute Gasteiger partial charge is 2.00 e. The number of hydrogen-bond acceptors (Lipinski definition) is 5. The van der Waals surface area contributed by atoms with Gasteiger partial charge in [0.2, 0.25) is 5.95 Å². The minimum Gasteiger partial charge on any atom is -0.328 e. The monoisotopic (exact) mass is 876 g/mol. The Labute approximate surface area is 327 Å². The molecule has 4 heterocycles. The Hall–Kier alpha value is -4.25. The van der Waals surface area contributed by atoms with Crippen LogP contribution in [0, 0.1) is 24.3 Å². The second-order valence-electron chi connectivity index (χ2n) is 13.2. The average Bonchev–Trinajstić information content (AvgIpc) is 3.49. The number of fused-ring (bicyclic) bond motifs is 3. The second-order valence-corrected chi connectivity index (χ2v) is 21.8. The van der Waals surface area contributed by atoms with E-state index in [1.807, 2.05) is 48.8 Å². The molecule has 0 aliphatic heterocycles. The molecular weight excluding hydrogens is 846 g/mol. The average molecular weight is 878 g/mol. The van der Waals surface area contributed by atoms with Gasteiger partial charge in [-0.15, -0.1) is 70.0 Å². The molecule has 0 atom stereocenters. The number of benzene rings is 4. The predicted molar refractivity (Wildman–Crippen MR) is 202 cm³/mol. The predicted octanol–water partition coefficient (Wildman–Crippen LogP) is 5.93. The van der Waals surface area contributed by atoms with E-state index in [0.717, 1.165) is 44.3 Å². The van der Waals surface area contributed by atoms with Gasteiger partial charge < -0.3 is 14.5 Å². The van der Waals surface area contributed by atoms with Crippen molar-refractivity contribution in [1.29, 1.82) is 0 Å². The van der Waals surface area contributed by atoms with E-state index < -0.39 is 16.1 Å². The van der Waals surface area contributed by atoms with Crippen LogP contribution in [-0.4, -0.2) is 45.6 Å². The zero-order chi connectivity index (χ0) is 33.6. The zero-order valence-electron chi connectivity index (χ0n) is 28.4. The van der Waals surface area contributed by atoms with Crippen LogP contribution in [0.3, 0.4) is 0 Å². The molecule has 8 rings (SSSR count). The van der Waals surface area contributed by atoms with Crippen LogP contribution in [0.15, 0.2) is 122 Å². The minimum atomic E-state index is -2.25. The van der Waals surface area contributed by atoms with Crippen molar-refractivity contribution in [3.05, 3.63) is 146 Å². The molecule has 4 aromatic heterocycles. The van der Waals surface area contributed by atoms with E-state index in [-0.39, 0.29) is 40.8 Å².